The molecule has 4 rings (SSSR count). The summed E-state index contributed by atoms with van der Waals surface area (Å²) < 4.78 is 0. The molecule has 1 fully saturated rings. The van der Waals surface area contributed by atoms with Crippen LogP contribution in [0.5, 0.6) is 0 Å². The van der Waals surface area contributed by atoms with Gasteiger partial charge in [0.2, 0.25) is 5.91 Å². The Morgan fingerprint density at radius 2 is 2.26 bits per heavy atom. The third kappa shape index (κ3) is 2.79. The van der Waals surface area contributed by atoms with Crippen LogP contribution in [0.2, 0.25) is 0 Å². The van der Waals surface area contributed by atoms with Crippen LogP contribution in [0.1, 0.15) is 18.7 Å². The zero-order valence-electron chi connectivity index (χ0n) is 13.1. The molecule has 3 aromatic heterocycles. The summed E-state index contributed by atoms with van der Waals surface area (Å²) in [6.07, 6.45) is 5.89. The molecule has 0 aromatic carbocycles. The van der Waals surface area contributed by atoms with Gasteiger partial charge in [-0.1, -0.05) is 0 Å². The number of imidazole rings is 1. The quantitative estimate of drug-likeness (QED) is 0.678. The highest BCUT2D eigenvalue weighted by molar-refractivity contribution is 6.00. The maximum absolute atomic E-state index is 12.2. The van der Waals surface area contributed by atoms with Crippen LogP contribution in [0.4, 0.5) is 0 Å². The van der Waals surface area contributed by atoms with Crippen molar-refractivity contribution in [3.8, 4) is 0 Å². The Kier molecular flexibility index (Phi) is 3.49. The predicted molar refractivity (Wildman–Crippen MR) is 88.1 cm³/mol. The first-order valence-electron chi connectivity index (χ1n) is 7.97. The summed E-state index contributed by atoms with van der Waals surface area (Å²) in [7, 11) is 2.11. The smallest absolute Gasteiger partial charge is 0.227 e. The van der Waals surface area contributed by atoms with Gasteiger partial charge in [-0.05, 0) is 39.0 Å². The molecule has 0 atom stereocenters. The lowest BCUT2D eigenvalue weighted by Crippen LogP contribution is -2.43. The fraction of sp³-hybridized carbons (Fsp3) is 0.438. The van der Waals surface area contributed by atoms with E-state index in [0.29, 0.717) is 5.82 Å². The Morgan fingerprint density at radius 3 is 3.09 bits per heavy atom. The molecule has 1 aliphatic rings. The number of carbonyl (C=O) groups excluding carboxylic acids is 1. The molecule has 0 spiro atoms. The second kappa shape index (κ2) is 5.66. The highest BCUT2D eigenvalue weighted by atomic mass is 16.1. The van der Waals surface area contributed by atoms with Crippen LogP contribution in [0, 0.1) is 0 Å². The number of aromatic nitrogens is 4. The van der Waals surface area contributed by atoms with Gasteiger partial charge in [-0.2, -0.15) is 0 Å². The van der Waals surface area contributed by atoms with Crippen LogP contribution < -0.4 is 5.32 Å². The van der Waals surface area contributed by atoms with Gasteiger partial charge in [-0.15, -0.1) is 0 Å². The Balaban J connectivity index is 1.48. The molecule has 7 heteroatoms. The lowest BCUT2D eigenvalue weighted by molar-refractivity contribution is -0.121. The monoisotopic (exact) mass is 312 g/mol. The summed E-state index contributed by atoms with van der Waals surface area (Å²) in [5, 5.41) is 4.09. The topological polar surface area (TPSA) is 89.7 Å². The molecule has 3 aromatic rings. The molecule has 3 N–H and O–H groups in total. The van der Waals surface area contributed by atoms with Crippen molar-refractivity contribution >= 4 is 28.0 Å². The van der Waals surface area contributed by atoms with Crippen molar-refractivity contribution in [3.05, 3.63) is 24.3 Å². The normalized spacial score (nSPS) is 17.1. The molecule has 0 radical (unpaired) electrons. The molecule has 1 aliphatic heterocycles. The minimum atomic E-state index is 0.0249. The molecule has 0 aliphatic carbocycles. The van der Waals surface area contributed by atoms with Gasteiger partial charge in [-0.3, -0.25) is 4.79 Å². The number of hydrogen-bond acceptors (Lipinski definition) is 4. The van der Waals surface area contributed by atoms with Gasteiger partial charge < -0.3 is 20.2 Å². The number of nitrogens with one attached hydrogen (secondary N) is 3. The van der Waals surface area contributed by atoms with Crippen molar-refractivity contribution in [3.63, 3.8) is 0 Å². The summed E-state index contributed by atoms with van der Waals surface area (Å²) in [5.41, 5.74) is 2.53. The van der Waals surface area contributed by atoms with Gasteiger partial charge in [-0.25, -0.2) is 9.97 Å². The van der Waals surface area contributed by atoms with Crippen molar-refractivity contribution in [2.75, 3.05) is 20.1 Å². The molecule has 120 valence electrons. The standard InChI is InChI=1S/C16H20N6O/c1-22-6-3-10(4-7-22)19-14(23)8-13-20-12-9-18-16-11(2-5-17-16)15(12)21-13/h2,5,9-10H,3-4,6-8H2,1H3,(H,17,18)(H,19,23)(H,20,21). The molecule has 0 saturated carbocycles. The van der Waals surface area contributed by atoms with Crippen LogP contribution in [0.3, 0.4) is 0 Å². The van der Waals surface area contributed by atoms with Gasteiger partial charge in [0.15, 0.2) is 0 Å². The molecular weight excluding hydrogens is 292 g/mol. The first-order chi connectivity index (χ1) is 11.2. The average Bonchev–Trinajstić information content (AvgIpc) is 3.14. The lowest BCUT2D eigenvalue weighted by Gasteiger charge is -2.29. The van der Waals surface area contributed by atoms with E-state index in [-0.39, 0.29) is 18.4 Å². The van der Waals surface area contributed by atoms with Crippen molar-refractivity contribution < 1.29 is 4.79 Å². The summed E-state index contributed by atoms with van der Waals surface area (Å²) in [6.45, 7) is 2.07. The zero-order valence-corrected chi connectivity index (χ0v) is 13.1. The molecule has 0 bridgehead atoms. The van der Waals surface area contributed by atoms with E-state index in [9.17, 15) is 4.79 Å². The molecule has 1 amide bonds. The van der Waals surface area contributed by atoms with Crippen LogP contribution in [0.15, 0.2) is 18.5 Å². The number of nitrogens with zero attached hydrogens (tertiary/aromatic N) is 3. The average molecular weight is 312 g/mol. The Bertz CT molecular complexity index is 843. The Labute approximate surface area is 133 Å². The lowest BCUT2D eigenvalue weighted by atomic mass is 10.1. The fourth-order valence-electron chi connectivity index (χ4n) is 3.19. The summed E-state index contributed by atoms with van der Waals surface area (Å²) in [5.74, 6) is 0.706. The number of likely N-dealkylation sites (tertiary alicyclic amines) is 1. The van der Waals surface area contributed by atoms with Crippen molar-refractivity contribution in [1.82, 2.24) is 30.2 Å². The number of rotatable bonds is 3. The number of pyridine rings is 1. The molecule has 7 nitrogen and oxygen atoms in total. The van der Waals surface area contributed by atoms with Crippen molar-refractivity contribution in [2.24, 2.45) is 0 Å². The number of piperidine rings is 1. The van der Waals surface area contributed by atoms with Crippen molar-refractivity contribution in [2.45, 2.75) is 25.3 Å². The van der Waals surface area contributed by atoms with E-state index in [2.05, 4.69) is 37.2 Å². The van der Waals surface area contributed by atoms with E-state index in [1.807, 2.05) is 12.3 Å². The van der Waals surface area contributed by atoms with E-state index < -0.39 is 0 Å². The minimum absolute atomic E-state index is 0.0249. The van der Waals surface area contributed by atoms with Crippen LogP contribution in [-0.4, -0.2) is 56.9 Å². The van der Waals surface area contributed by atoms with E-state index >= 15 is 0 Å². The van der Waals surface area contributed by atoms with Crippen molar-refractivity contribution in [1.29, 1.82) is 0 Å². The first kappa shape index (κ1) is 14.2. The first-order valence-corrected chi connectivity index (χ1v) is 7.97. The largest absolute Gasteiger partial charge is 0.353 e. The summed E-state index contributed by atoms with van der Waals surface area (Å²) >= 11 is 0. The molecular formula is C16H20N6O. The highest BCUT2D eigenvalue weighted by Gasteiger charge is 2.19. The second-order valence-electron chi connectivity index (χ2n) is 6.27. The third-order valence-electron chi connectivity index (χ3n) is 4.50. The Morgan fingerprint density at radius 1 is 1.43 bits per heavy atom. The van der Waals surface area contributed by atoms with E-state index in [1.54, 1.807) is 6.20 Å². The molecule has 0 unspecified atom stereocenters. The van der Waals surface area contributed by atoms with E-state index in [0.717, 1.165) is 48.0 Å². The second-order valence-corrected chi connectivity index (χ2v) is 6.27. The minimum Gasteiger partial charge on any atom is -0.353 e. The number of amides is 1. The Hall–Kier alpha value is -2.41. The van der Waals surface area contributed by atoms with Gasteiger partial charge >= 0.3 is 0 Å². The number of fused-ring (bicyclic) bond motifs is 3. The number of hydrogen-bond donors (Lipinski definition) is 3. The van der Waals surface area contributed by atoms with E-state index in [1.165, 1.54) is 0 Å². The fourth-order valence-corrected chi connectivity index (χ4v) is 3.19. The molecule has 23 heavy (non-hydrogen) atoms. The third-order valence-corrected chi connectivity index (χ3v) is 4.50. The maximum Gasteiger partial charge on any atom is 0.227 e. The SMILES string of the molecule is CN1CCC(NC(=O)Cc2nc3c(cnc4[nH]ccc43)[nH]2)CC1. The van der Waals surface area contributed by atoms with Gasteiger partial charge in [0.25, 0.3) is 0 Å². The van der Waals surface area contributed by atoms with Gasteiger partial charge in [0.05, 0.1) is 18.1 Å². The number of H-pyrrole nitrogens is 2. The summed E-state index contributed by atoms with van der Waals surface area (Å²) in [4.78, 5) is 29.7. The highest BCUT2D eigenvalue weighted by Crippen LogP contribution is 2.20. The van der Waals surface area contributed by atoms with Gasteiger partial charge in [0, 0.05) is 17.6 Å². The molecule has 4 heterocycles. The van der Waals surface area contributed by atoms with Crippen LogP contribution >= 0.6 is 0 Å². The number of carbonyl (C=O) groups is 1. The van der Waals surface area contributed by atoms with E-state index in [4.69, 9.17) is 0 Å². The predicted octanol–water partition coefficient (Wildman–Crippen LogP) is 1.19. The number of aromatic amines is 2. The molecule has 1 saturated heterocycles. The van der Waals surface area contributed by atoms with Gasteiger partial charge in [0.1, 0.15) is 17.0 Å². The maximum atomic E-state index is 12.2. The summed E-state index contributed by atoms with van der Waals surface area (Å²) in [6, 6.07) is 2.23. The van der Waals surface area contributed by atoms with Crippen LogP contribution in [-0.2, 0) is 11.2 Å². The zero-order chi connectivity index (χ0) is 15.8. The van der Waals surface area contributed by atoms with Crippen LogP contribution in [0.25, 0.3) is 22.1 Å².